The van der Waals surface area contributed by atoms with Crippen molar-refractivity contribution in [1.29, 1.82) is 0 Å². The maximum absolute atomic E-state index is 11.6. The summed E-state index contributed by atoms with van der Waals surface area (Å²) in [5.41, 5.74) is 0.401. The van der Waals surface area contributed by atoms with Crippen LogP contribution in [0.25, 0.3) is 0 Å². The fourth-order valence-corrected chi connectivity index (χ4v) is 2.50. The van der Waals surface area contributed by atoms with Crippen LogP contribution in [0.3, 0.4) is 0 Å². The second-order valence-corrected chi connectivity index (χ2v) is 7.66. The molecule has 5 nitrogen and oxygen atoms in total. The SMILES string of the molecule is CC(C)Cc1nc(CS(C)(=O)=O)[nH]c(=O)c1I. The van der Waals surface area contributed by atoms with E-state index < -0.39 is 9.84 Å². The molecule has 1 aromatic rings. The lowest BCUT2D eigenvalue weighted by atomic mass is 10.1. The molecule has 1 rings (SSSR count). The van der Waals surface area contributed by atoms with Crippen molar-refractivity contribution < 1.29 is 8.42 Å². The molecule has 0 fully saturated rings. The Bertz CT molecular complexity index is 563. The van der Waals surface area contributed by atoms with Gasteiger partial charge in [0.05, 0.1) is 9.26 Å². The topological polar surface area (TPSA) is 79.9 Å². The van der Waals surface area contributed by atoms with E-state index >= 15 is 0 Å². The molecule has 1 aromatic heterocycles. The smallest absolute Gasteiger partial charge is 0.264 e. The Labute approximate surface area is 114 Å². The molecule has 0 saturated heterocycles. The Hall–Kier alpha value is -0.440. The number of aromatic nitrogens is 2. The number of halogens is 1. The standard InChI is InChI=1S/C10H15IN2O3S/c1-6(2)4-7-9(11)10(14)13-8(12-7)5-17(3,15)16/h6H,4-5H2,1-3H3,(H,12,13,14). The van der Waals surface area contributed by atoms with Gasteiger partial charge >= 0.3 is 0 Å². The van der Waals surface area contributed by atoms with Crippen molar-refractivity contribution in [2.75, 3.05) is 6.26 Å². The summed E-state index contributed by atoms with van der Waals surface area (Å²) in [6.07, 6.45) is 1.78. The third-order valence-electron chi connectivity index (χ3n) is 1.98. The summed E-state index contributed by atoms with van der Waals surface area (Å²) in [4.78, 5) is 18.3. The minimum Gasteiger partial charge on any atom is -0.309 e. The van der Waals surface area contributed by atoms with E-state index in [0.717, 1.165) is 6.26 Å². The second-order valence-electron chi connectivity index (χ2n) is 4.44. The Balaban J connectivity index is 3.19. The lowest BCUT2D eigenvalue weighted by Gasteiger charge is -2.08. The lowest BCUT2D eigenvalue weighted by molar-refractivity contribution is 0.598. The summed E-state index contributed by atoms with van der Waals surface area (Å²) < 4.78 is 22.9. The Morgan fingerprint density at radius 2 is 2.00 bits per heavy atom. The number of nitrogens with one attached hydrogen (secondary N) is 1. The molecule has 0 radical (unpaired) electrons. The number of nitrogens with zero attached hydrogens (tertiary/aromatic N) is 1. The molecular formula is C10H15IN2O3S. The second kappa shape index (κ2) is 5.47. The van der Waals surface area contributed by atoms with Gasteiger partial charge in [-0.3, -0.25) is 4.79 Å². The van der Waals surface area contributed by atoms with Crippen LogP contribution >= 0.6 is 22.6 Å². The Kier molecular flexibility index (Phi) is 4.70. The third-order valence-corrected chi connectivity index (χ3v) is 3.89. The molecule has 96 valence electrons. The number of hydrogen-bond donors (Lipinski definition) is 1. The number of rotatable bonds is 4. The van der Waals surface area contributed by atoms with Crippen molar-refractivity contribution in [1.82, 2.24) is 9.97 Å². The first-order valence-electron chi connectivity index (χ1n) is 5.14. The monoisotopic (exact) mass is 370 g/mol. The van der Waals surface area contributed by atoms with Crippen LogP contribution in [0.2, 0.25) is 0 Å². The van der Waals surface area contributed by atoms with Crippen LogP contribution in [-0.2, 0) is 22.0 Å². The summed E-state index contributed by atoms with van der Waals surface area (Å²) in [7, 11) is -3.19. The highest BCUT2D eigenvalue weighted by molar-refractivity contribution is 14.1. The van der Waals surface area contributed by atoms with E-state index in [-0.39, 0.29) is 17.1 Å². The van der Waals surface area contributed by atoms with Gasteiger partial charge in [-0.1, -0.05) is 13.8 Å². The highest BCUT2D eigenvalue weighted by Crippen LogP contribution is 2.11. The molecule has 0 amide bonds. The van der Waals surface area contributed by atoms with Crippen molar-refractivity contribution in [2.45, 2.75) is 26.0 Å². The highest BCUT2D eigenvalue weighted by atomic mass is 127. The van der Waals surface area contributed by atoms with E-state index in [4.69, 9.17) is 0 Å². The predicted octanol–water partition coefficient (Wildman–Crippen LogP) is 1.12. The maximum atomic E-state index is 11.6. The first kappa shape index (κ1) is 14.6. The van der Waals surface area contributed by atoms with Crippen LogP contribution in [0.4, 0.5) is 0 Å². The summed E-state index contributed by atoms with van der Waals surface area (Å²) in [6.45, 7) is 4.05. The van der Waals surface area contributed by atoms with Gasteiger partial charge in [0.15, 0.2) is 9.84 Å². The van der Waals surface area contributed by atoms with Gasteiger partial charge < -0.3 is 4.98 Å². The molecule has 0 spiro atoms. The quantitative estimate of drug-likeness (QED) is 0.806. The number of sulfone groups is 1. The van der Waals surface area contributed by atoms with Crippen molar-refractivity contribution in [3.63, 3.8) is 0 Å². The summed E-state index contributed by atoms with van der Waals surface area (Å²) in [5, 5.41) is 0. The molecule has 0 aliphatic rings. The van der Waals surface area contributed by atoms with E-state index in [9.17, 15) is 13.2 Å². The largest absolute Gasteiger partial charge is 0.309 e. The van der Waals surface area contributed by atoms with Gasteiger partial charge in [0.25, 0.3) is 5.56 Å². The van der Waals surface area contributed by atoms with Gasteiger partial charge in [0.1, 0.15) is 11.6 Å². The Morgan fingerprint density at radius 3 is 2.47 bits per heavy atom. The fourth-order valence-electron chi connectivity index (χ4n) is 1.40. The van der Waals surface area contributed by atoms with Gasteiger partial charge in [-0.15, -0.1) is 0 Å². The van der Waals surface area contributed by atoms with Crippen LogP contribution < -0.4 is 5.56 Å². The van der Waals surface area contributed by atoms with Crippen LogP contribution in [-0.4, -0.2) is 24.6 Å². The number of hydrogen-bond acceptors (Lipinski definition) is 4. The fraction of sp³-hybridized carbons (Fsp3) is 0.600. The predicted molar refractivity (Wildman–Crippen MR) is 74.7 cm³/mol. The summed E-state index contributed by atoms with van der Waals surface area (Å²) >= 11 is 1.94. The molecule has 1 N–H and O–H groups in total. The normalized spacial score (nSPS) is 12.1. The minimum atomic E-state index is -3.19. The molecular weight excluding hydrogens is 355 g/mol. The van der Waals surface area contributed by atoms with Crippen molar-refractivity contribution in [3.05, 3.63) is 25.4 Å². The molecule has 0 atom stereocenters. The van der Waals surface area contributed by atoms with Crippen molar-refractivity contribution in [3.8, 4) is 0 Å². The average Bonchev–Trinajstić information content (AvgIpc) is 2.09. The van der Waals surface area contributed by atoms with Crippen LogP contribution in [0.5, 0.6) is 0 Å². The van der Waals surface area contributed by atoms with E-state index in [1.807, 2.05) is 36.4 Å². The molecule has 0 bridgehead atoms. The highest BCUT2D eigenvalue weighted by Gasteiger charge is 2.13. The van der Waals surface area contributed by atoms with Gasteiger partial charge in [-0.2, -0.15) is 0 Å². The molecule has 7 heteroatoms. The van der Waals surface area contributed by atoms with Crippen molar-refractivity contribution >= 4 is 32.4 Å². The average molecular weight is 370 g/mol. The molecule has 0 saturated carbocycles. The molecule has 0 aromatic carbocycles. The first-order valence-corrected chi connectivity index (χ1v) is 8.28. The number of H-pyrrole nitrogens is 1. The molecule has 0 unspecified atom stereocenters. The van der Waals surface area contributed by atoms with Crippen molar-refractivity contribution in [2.24, 2.45) is 5.92 Å². The molecule has 17 heavy (non-hydrogen) atoms. The maximum Gasteiger partial charge on any atom is 0.264 e. The zero-order valence-corrected chi connectivity index (χ0v) is 12.9. The van der Waals surface area contributed by atoms with Crippen LogP contribution in [0.15, 0.2) is 4.79 Å². The van der Waals surface area contributed by atoms with Gasteiger partial charge in [0.2, 0.25) is 0 Å². The van der Waals surface area contributed by atoms with Crippen LogP contribution in [0, 0.1) is 9.49 Å². The molecule has 0 aliphatic carbocycles. The van der Waals surface area contributed by atoms with Gasteiger partial charge in [-0.05, 0) is 34.9 Å². The van der Waals surface area contributed by atoms with E-state index in [0.29, 0.717) is 21.6 Å². The van der Waals surface area contributed by atoms with E-state index in [1.54, 1.807) is 0 Å². The summed E-state index contributed by atoms with van der Waals surface area (Å²) in [5.74, 6) is 0.349. The first-order chi connectivity index (χ1) is 7.69. The molecule has 1 heterocycles. The minimum absolute atomic E-state index is 0.216. The Morgan fingerprint density at radius 1 is 1.41 bits per heavy atom. The lowest BCUT2D eigenvalue weighted by Crippen LogP contribution is -2.20. The number of aromatic amines is 1. The third kappa shape index (κ3) is 4.74. The molecule has 0 aliphatic heterocycles. The van der Waals surface area contributed by atoms with Gasteiger partial charge in [-0.25, -0.2) is 13.4 Å². The summed E-state index contributed by atoms with van der Waals surface area (Å²) in [6, 6.07) is 0. The zero-order valence-electron chi connectivity index (χ0n) is 9.95. The van der Waals surface area contributed by atoms with E-state index in [1.165, 1.54) is 0 Å². The van der Waals surface area contributed by atoms with Crippen LogP contribution in [0.1, 0.15) is 25.4 Å². The van der Waals surface area contributed by atoms with E-state index in [2.05, 4.69) is 9.97 Å². The zero-order chi connectivity index (χ0) is 13.2. The van der Waals surface area contributed by atoms with Gasteiger partial charge in [0, 0.05) is 6.26 Å².